The average molecular weight is 303 g/mol. The van der Waals surface area contributed by atoms with Gasteiger partial charge in [0.2, 0.25) is 0 Å². The lowest BCUT2D eigenvalue weighted by molar-refractivity contribution is -0.137. The predicted octanol–water partition coefficient (Wildman–Crippen LogP) is 3.15. The van der Waals surface area contributed by atoms with Crippen molar-refractivity contribution in [2.75, 3.05) is 29.9 Å². The van der Waals surface area contributed by atoms with Crippen molar-refractivity contribution in [3.05, 3.63) is 17.7 Å². The summed E-state index contributed by atoms with van der Waals surface area (Å²) in [7, 11) is 0. The summed E-state index contributed by atoms with van der Waals surface area (Å²) in [5.74, 6) is 0.580. The standard InChI is InChI=1S/C14H20F3N3O/c1-4-18-12-5-11(14(15,16)17)6-13(19-12)20-7-9(2)21-10(3)8-20/h5-6,9-10H,4,7-8H2,1-3H3,(H,18,19)/t9-,10+. The lowest BCUT2D eigenvalue weighted by Crippen LogP contribution is -2.46. The van der Waals surface area contributed by atoms with Crippen LogP contribution in [0.25, 0.3) is 0 Å². The van der Waals surface area contributed by atoms with Crippen LogP contribution in [0.1, 0.15) is 26.3 Å². The van der Waals surface area contributed by atoms with Gasteiger partial charge in [-0.2, -0.15) is 13.2 Å². The highest BCUT2D eigenvalue weighted by Gasteiger charge is 2.33. The van der Waals surface area contributed by atoms with E-state index in [-0.39, 0.29) is 18.0 Å². The Balaban J connectivity index is 2.35. The van der Waals surface area contributed by atoms with E-state index in [2.05, 4.69) is 10.3 Å². The van der Waals surface area contributed by atoms with Crippen molar-refractivity contribution in [3.63, 3.8) is 0 Å². The molecule has 0 aromatic carbocycles. The van der Waals surface area contributed by atoms with E-state index in [1.165, 1.54) is 0 Å². The summed E-state index contributed by atoms with van der Waals surface area (Å²) in [6.07, 6.45) is -4.45. The van der Waals surface area contributed by atoms with Gasteiger partial charge in [-0.05, 0) is 32.9 Å². The molecule has 7 heteroatoms. The lowest BCUT2D eigenvalue weighted by Gasteiger charge is -2.36. The van der Waals surface area contributed by atoms with Gasteiger partial charge in [0.1, 0.15) is 11.6 Å². The number of alkyl halides is 3. The topological polar surface area (TPSA) is 37.4 Å². The monoisotopic (exact) mass is 303 g/mol. The Kier molecular flexibility index (Phi) is 4.61. The van der Waals surface area contributed by atoms with Crippen molar-refractivity contribution in [2.24, 2.45) is 0 Å². The summed E-state index contributed by atoms with van der Waals surface area (Å²) < 4.78 is 44.6. The van der Waals surface area contributed by atoms with Gasteiger partial charge in [0.05, 0.1) is 17.8 Å². The fourth-order valence-corrected chi connectivity index (χ4v) is 2.48. The molecule has 1 aromatic rings. The Labute approximate surface area is 122 Å². The molecule has 0 saturated carbocycles. The maximum absolute atomic E-state index is 13.0. The van der Waals surface area contributed by atoms with Crippen LogP contribution in [0.5, 0.6) is 0 Å². The van der Waals surface area contributed by atoms with Gasteiger partial charge < -0.3 is 15.0 Å². The minimum atomic E-state index is -4.38. The first-order chi connectivity index (χ1) is 9.79. The van der Waals surface area contributed by atoms with Crippen molar-refractivity contribution in [2.45, 2.75) is 39.2 Å². The smallest absolute Gasteiger partial charge is 0.372 e. The van der Waals surface area contributed by atoms with Crippen LogP contribution in [0.2, 0.25) is 0 Å². The van der Waals surface area contributed by atoms with Gasteiger partial charge in [-0.3, -0.25) is 0 Å². The number of anilines is 2. The van der Waals surface area contributed by atoms with Gasteiger partial charge in [0, 0.05) is 19.6 Å². The maximum atomic E-state index is 13.0. The van der Waals surface area contributed by atoms with Crippen molar-refractivity contribution in [1.82, 2.24) is 4.98 Å². The predicted molar refractivity (Wildman–Crippen MR) is 75.6 cm³/mol. The second-order valence-corrected chi connectivity index (χ2v) is 5.29. The number of ether oxygens (including phenoxy) is 1. The number of morpholine rings is 1. The summed E-state index contributed by atoms with van der Waals surface area (Å²) >= 11 is 0. The quantitative estimate of drug-likeness (QED) is 0.931. The van der Waals surface area contributed by atoms with Crippen LogP contribution in [-0.4, -0.2) is 36.8 Å². The molecule has 4 nitrogen and oxygen atoms in total. The molecule has 1 aliphatic rings. The molecule has 0 spiro atoms. The van der Waals surface area contributed by atoms with Gasteiger partial charge in [-0.1, -0.05) is 0 Å². The molecule has 1 fully saturated rings. The average Bonchev–Trinajstić information content (AvgIpc) is 2.36. The molecule has 0 aliphatic carbocycles. The highest BCUT2D eigenvalue weighted by atomic mass is 19.4. The number of aromatic nitrogens is 1. The van der Waals surface area contributed by atoms with Gasteiger partial charge in [-0.25, -0.2) is 4.98 Å². The second-order valence-electron chi connectivity index (χ2n) is 5.29. The molecule has 2 rings (SSSR count). The lowest BCUT2D eigenvalue weighted by atomic mass is 10.2. The highest BCUT2D eigenvalue weighted by molar-refractivity contribution is 5.51. The zero-order chi connectivity index (χ0) is 15.6. The molecule has 2 heterocycles. The van der Waals surface area contributed by atoms with E-state index in [0.717, 1.165) is 12.1 Å². The van der Waals surface area contributed by atoms with Crippen molar-refractivity contribution >= 4 is 11.6 Å². The molecule has 21 heavy (non-hydrogen) atoms. The van der Waals surface area contributed by atoms with Crippen LogP contribution < -0.4 is 10.2 Å². The number of hydrogen-bond donors (Lipinski definition) is 1. The third-order valence-electron chi connectivity index (χ3n) is 3.24. The van der Waals surface area contributed by atoms with Crippen molar-refractivity contribution in [1.29, 1.82) is 0 Å². The maximum Gasteiger partial charge on any atom is 0.416 e. The third kappa shape index (κ3) is 4.00. The Morgan fingerprint density at radius 2 is 1.90 bits per heavy atom. The first-order valence-electron chi connectivity index (χ1n) is 7.03. The zero-order valence-electron chi connectivity index (χ0n) is 12.4. The molecule has 0 unspecified atom stereocenters. The molecule has 2 atom stereocenters. The third-order valence-corrected chi connectivity index (χ3v) is 3.24. The molecule has 1 aromatic heterocycles. The number of rotatable bonds is 3. The number of nitrogens with one attached hydrogen (secondary N) is 1. The van der Waals surface area contributed by atoms with Crippen LogP contribution in [0.4, 0.5) is 24.8 Å². The number of nitrogens with zero attached hydrogens (tertiary/aromatic N) is 2. The van der Waals surface area contributed by atoms with Gasteiger partial charge >= 0.3 is 6.18 Å². The molecule has 1 saturated heterocycles. The molecule has 1 aliphatic heterocycles. The van der Waals surface area contributed by atoms with E-state index in [1.54, 1.807) is 0 Å². The van der Waals surface area contributed by atoms with E-state index >= 15 is 0 Å². The Morgan fingerprint density at radius 3 is 2.43 bits per heavy atom. The molecule has 0 amide bonds. The molecular formula is C14H20F3N3O. The van der Waals surface area contributed by atoms with Crippen LogP contribution in [0.15, 0.2) is 12.1 Å². The summed E-state index contributed by atoms with van der Waals surface area (Å²) in [6.45, 7) is 7.21. The summed E-state index contributed by atoms with van der Waals surface area (Å²) in [5, 5.41) is 2.85. The molecule has 0 radical (unpaired) electrons. The first-order valence-corrected chi connectivity index (χ1v) is 7.03. The molecule has 1 N–H and O–H groups in total. The van der Waals surface area contributed by atoms with Crippen LogP contribution in [0, 0.1) is 0 Å². The minimum absolute atomic E-state index is 0.0346. The van der Waals surface area contributed by atoms with Crippen molar-refractivity contribution in [3.8, 4) is 0 Å². The summed E-state index contributed by atoms with van der Waals surface area (Å²) in [4.78, 5) is 6.13. The van der Waals surface area contributed by atoms with Gasteiger partial charge in [0.25, 0.3) is 0 Å². The van der Waals surface area contributed by atoms with Crippen LogP contribution in [-0.2, 0) is 10.9 Å². The fourth-order valence-electron chi connectivity index (χ4n) is 2.48. The largest absolute Gasteiger partial charge is 0.416 e. The zero-order valence-corrected chi connectivity index (χ0v) is 12.4. The Bertz CT molecular complexity index is 483. The minimum Gasteiger partial charge on any atom is -0.372 e. The fraction of sp³-hybridized carbons (Fsp3) is 0.643. The number of halogens is 3. The molecule has 0 bridgehead atoms. The van der Waals surface area contributed by atoms with E-state index in [0.29, 0.717) is 25.5 Å². The highest BCUT2D eigenvalue weighted by Crippen LogP contribution is 2.33. The Morgan fingerprint density at radius 1 is 1.29 bits per heavy atom. The van der Waals surface area contributed by atoms with Gasteiger partial charge in [-0.15, -0.1) is 0 Å². The van der Waals surface area contributed by atoms with E-state index in [9.17, 15) is 13.2 Å². The molecular weight excluding hydrogens is 283 g/mol. The van der Waals surface area contributed by atoms with Crippen LogP contribution >= 0.6 is 0 Å². The number of pyridine rings is 1. The molecule has 118 valence electrons. The van der Waals surface area contributed by atoms with Crippen molar-refractivity contribution < 1.29 is 17.9 Å². The summed E-state index contributed by atoms with van der Waals surface area (Å²) in [5.41, 5.74) is -0.685. The second kappa shape index (κ2) is 6.09. The van der Waals surface area contributed by atoms with E-state index < -0.39 is 11.7 Å². The van der Waals surface area contributed by atoms with Gasteiger partial charge in [0.15, 0.2) is 0 Å². The van der Waals surface area contributed by atoms with Crippen LogP contribution in [0.3, 0.4) is 0 Å². The normalized spacial score (nSPS) is 23.2. The van der Waals surface area contributed by atoms with E-state index in [4.69, 9.17) is 4.74 Å². The Hall–Kier alpha value is -1.50. The SMILES string of the molecule is CCNc1cc(C(F)(F)F)cc(N2C[C@@H](C)O[C@@H](C)C2)n1. The number of hydrogen-bond acceptors (Lipinski definition) is 4. The summed E-state index contributed by atoms with van der Waals surface area (Å²) in [6, 6.07) is 2.14. The van der Waals surface area contributed by atoms with E-state index in [1.807, 2.05) is 25.7 Å². The first kappa shape index (κ1) is 15.9.